The number of carbonyl (C=O) groups excluding carboxylic acids is 1. The Morgan fingerprint density at radius 1 is 1.27 bits per heavy atom. The van der Waals surface area contributed by atoms with Crippen molar-refractivity contribution in [2.45, 2.75) is 52.4 Å². The smallest absolute Gasteiger partial charge is 0.337 e. The van der Waals surface area contributed by atoms with Crippen molar-refractivity contribution in [3.8, 4) is 0 Å². The van der Waals surface area contributed by atoms with Gasteiger partial charge in [-0.1, -0.05) is 39.2 Å². The van der Waals surface area contributed by atoms with E-state index in [0.717, 1.165) is 6.42 Å². The summed E-state index contributed by atoms with van der Waals surface area (Å²) in [5.74, 6) is -0.350. The molecule has 2 heteroatoms. The van der Waals surface area contributed by atoms with Crippen LogP contribution in [-0.2, 0) is 9.53 Å². The summed E-state index contributed by atoms with van der Waals surface area (Å²) in [7, 11) is 0. The fourth-order valence-electron chi connectivity index (χ4n) is 1.14. The third-order valence-electron chi connectivity index (χ3n) is 2.09. The van der Waals surface area contributed by atoms with Crippen molar-refractivity contribution in [3.05, 3.63) is 24.5 Å². The Balaban J connectivity index is 3.32. The van der Waals surface area contributed by atoms with Crippen molar-refractivity contribution >= 4 is 5.97 Å². The van der Waals surface area contributed by atoms with E-state index in [4.69, 9.17) is 4.74 Å². The van der Waals surface area contributed by atoms with E-state index in [1.165, 1.54) is 38.4 Å². The molecule has 0 radical (unpaired) electrons. The third kappa shape index (κ3) is 9.26. The van der Waals surface area contributed by atoms with Crippen LogP contribution >= 0.6 is 0 Å². The number of hydrogen-bond acceptors (Lipinski definition) is 2. The average molecular weight is 210 g/mol. The zero-order valence-electron chi connectivity index (χ0n) is 9.92. The molecule has 86 valence electrons. The second-order valence-electron chi connectivity index (χ2n) is 3.76. The van der Waals surface area contributed by atoms with Gasteiger partial charge in [0.15, 0.2) is 0 Å². The largest absolute Gasteiger partial charge is 0.431 e. The highest BCUT2D eigenvalue weighted by atomic mass is 16.5. The van der Waals surface area contributed by atoms with Gasteiger partial charge in [0.25, 0.3) is 0 Å². The lowest BCUT2D eigenvalue weighted by Gasteiger charge is -1.97. The van der Waals surface area contributed by atoms with Crippen LogP contribution in [-0.4, -0.2) is 5.97 Å². The predicted octanol–water partition coefficient (Wildman–Crippen LogP) is 3.98. The molecule has 0 bridgehead atoms. The highest BCUT2D eigenvalue weighted by molar-refractivity contribution is 5.87. The van der Waals surface area contributed by atoms with E-state index in [9.17, 15) is 4.79 Å². The van der Waals surface area contributed by atoms with Gasteiger partial charge < -0.3 is 4.74 Å². The lowest BCUT2D eigenvalue weighted by atomic mass is 10.1. The average Bonchev–Trinajstić information content (AvgIpc) is 2.21. The van der Waals surface area contributed by atoms with E-state index < -0.39 is 0 Å². The van der Waals surface area contributed by atoms with E-state index in [0.29, 0.717) is 5.57 Å². The number of ether oxygens (including phenoxy) is 1. The highest BCUT2D eigenvalue weighted by Gasteiger charge is 1.98. The molecule has 0 amide bonds. The molecule has 2 nitrogen and oxygen atoms in total. The summed E-state index contributed by atoms with van der Waals surface area (Å²) in [6, 6.07) is 0. The Hall–Kier alpha value is -1.05. The van der Waals surface area contributed by atoms with Crippen molar-refractivity contribution in [2.24, 2.45) is 0 Å². The van der Waals surface area contributed by atoms with E-state index in [-0.39, 0.29) is 5.97 Å². The fourth-order valence-corrected chi connectivity index (χ4v) is 1.14. The zero-order chi connectivity index (χ0) is 11.5. The summed E-state index contributed by atoms with van der Waals surface area (Å²) in [6.07, 6.45) is 10.7. The topological polar surface area (TPSA) is 26.3 Å². The first-order chi connectivity index (χ1) is 7.18. The molecule has 0 heterocycles. The van der Waals surface area contributed by atoms with Gasteiger partial charge in [0.2, 0.25) is 0 Å². The minimum absolute atomic E-state index is 0.350. The van der Waals surface area contributed by atoms with Crippen LogP contribution in [0.5, 0.6) is 0 Å². The van der Waals surface area contributed by atoms with E-state index in [1.807, 2.05) is 6.08 Å². The minimum Gasteiger partial charge on any atom is -0.431 e. The molecule has 0 saturated heterocycles. The van der Waals surface area contributed by atoms with Gasteiger partial charge in [-0.25, -0.2) is 4.79 Å². The third-order valence-corrected chi connectivity index (χ3v) is 2.09. The Bertz CT molecular complexity index is 217. The maximum atomic E-state index is 10.9. The number of unbranched alkanes of at least 4 members (excludes halogenated alkanes) is 5. The Morgan fingerprint density at radius 3 is 2.53 bits per heavy atom. The summed E-state index contributed by atoms with van der Waals surface area (Å²) >= 11 is 0. The van der Waals surface area contributed by atoms with Crippen LogP contribution in [0, 0.1) is 0 Å². The summed E-state index contributed by atoms with van der Waals surface area (Å²) in [6.45, 7) is 7.34. The molecular weight excluding hydrogens is 188 g/mol. The predicted molar refractivity (Wildman–Crippen MR) is 63.4 cm³/mol. The molecule has 0 aromatic heterocycles. The van der Waals surface area contributed by atoms with Gasteiger partial charge in [0.05, 0.1) is 6.26 Å². The summed E-state index contributed by atoms with van der Waals surface area (Å²) in [4.78, 5) is 10.9. The SMILES string of the molecule is C=C(C)C(=O)O/C=C/CCCCCCC. The van der Waals surface area contributed by atoms with Gasteiger partial charge in [-0.05, 0) is 25.8 Å². The Morgan fingerprint density at radius 2 is 1.93 bits per heavy atom. The first-order valence-electron chi connectivity index (χ1n) is 5.70. The van der Waals surface area contributed by atoms with Gasteiger partial charge >= 0.3 is 5.97 Å². The Kier molecular flexibility index (Phi) is 8.84. The van der Waals surface area contributed by atoms with Crippen molar-refractivity contribution < 1.29 is 9.53 Å². The van der Waals surface area contributed by atoms with E-state index >= 15 is 0 Å². The first-order valence-corrected chi connectivity index (χ1v) is 5.70. The Labute approximate surface area is 93.0 Å². The molecule has 15 heavy (non-hydrogen) atoms. The van der Waals surface area contributed by atoms with E-state index in [1.54, 1.807) is 6.92 Å². The normalized spacial score (nSPS) is 10.5. The number of rotatable bonds is 8. The molecule has 0 aliphatic carbocycles. The molecule has 0 rings (SSSR count). The van der Waals surface area contributed by atoms with Crippen LogP contribution < -0.4 is 0 Å². The molecule has 0 unspecified atom stereocenters. The summed E-state index contributed by atoms with van der Waals surface area (Å²) < 4.78 is 4.81. The van der Waals surface area contributed by atoms with Gasteiger partial charge in [-0.15, -0.1) is 0 Å². The number of esters is 1. The first kappa shape index (κ1) is 13.9. The van der Waals surface area contributed by atoms with Gasteiger partial charge in [-0.2, -0.15) is 0 Å². The molecule has 0 aliphatic rings. The van der Waals surface area contributed by atoms with E-state index in [2.05, 4.69) is 13.5 Å². The maximum Gasteiger partial charge on any atom is 0.337 e. The second-order valence-corrected chi connectivity index (χ2v) is 3.76. The van der Waals surface area contributed by atoms with Crippen molar-refractivity contribution in [1.82, 2.24) is 0 Å². The molecule has 0 fully saturated rings. The minimum atomic E-state index is -0.350. The molecule has 0 saturated carbocycles. The number of allylic oxidation sites excluding steroid dienone is 1. The highest BCUT2D eigenvalue weighted by Crippen LogP contribution is 2.05. The monoisotopic (exact) mass is 210 g/mol. The van der Waals surface area contributed by atoms with Crippen LogP contribution in [0.2, 0.25) is 0 Å². The van der Waals surface area contributed by atoms with Crippen molar-refractivity contribution in [1.29, 1.82) is 0 Å². The second kappa shape index (κ2) is 9.50. The molecule has 0 atom stereocenters. The summed E-state index contributed by atoms with van der Waals surface area (Å²) in [5, 5.41) is 0. The van der Waals surface area contributed by atoms with Crippen LogP contribution in [0.3, 0.4) is 0 Å². The fraction of sp³-hybridized carbons (Fsp3) is 0.615. The standard InChI is InChI=1S/C13H22O2/c1-4-5-6-7-8-9-10-11-15-13(14)12(2)3/h10-11H,2,4-9H2,1,3H3/b11-10+. The molecule has 0 spiro atoms. The van der Waals surface area contributed by atoms with Gasteiger partial charge in [0, 0.05) is 5.57 Å². The zero-order valence-corrected chi connectivity index (χ0v) is 9.92. The molecule has 0 aromatic rings. The van der Waals surface area contributed by atoms with Crippen LogP contribution in [0.4, 0.5) is 0 Å². The number of hydrogen-bond donors (Lipinski definition) is 0. The quantitative estimate of drug-likeness (QED) is 0.262. The maximum absolute atomic E-state index is 10.9. The lowest BCUT2D eigenvalue weighted by molar-refractivity contribution is -0.133. The van der Waals surface area contributed by atoms with Gasteiger partial charge in [-0.3, -0.25) is 0 Å². The van der Waals surface area contributed by atoms with Crippen LogP contribution in [0.1, 0.15) is 52.4 Å². The molecule has 0 aromatic carbocycles. The van der Waals surface area contributed by atoms with Crippen molar-refractivity contribution in [3.63, 3.8) is 0 Å². The molecule has 0 aliphatic heterocycles. The summed E-state index contributed by atoms with van der Waals surface area (Å²) in [5.41, 5.74) is 0.433. The molecule has 0 N–H and O–H groups in total. The van der Waals surface area contributed by atoms with Gasteiger partial charge in [0.1, 0.15) is 0 Å². The molecular formula is C13H22O2. The number of carbonyl (C=O) groups is 1. The van der Waals surface area contributed by atoms with Crippen molar-refractivity contribution in [2.75, 3.05) is 0 Å². The van der Waals surface area contributed by atoms with Crippen LogP contribution in [0.15, 0.2) is 24.5 Å². The van der Waals surface area contributed by atoms with Crippen LogP contribution in [0.25, 0.3) is 0 Å². The lowest BCUT2D eigenvalue weighted by Crippen LogP contribution is -1.98.